The number of imide groups is 1. The van der Waals surface area contributed by atoms with Gasteiger partial charge in [0.05, 0.1) is 6.54 Å². The highest BCUT2D eigenvalue weighted by Gasteiger charge is 2.56. The standard InChI is InChI=1S/C21H30N2O4/c1-14-6-5-7-17(8-14)27-12-16(24)11-23-18(25)21(22-19(23)26)10-15(2)9-20(3,4)13-21/h5-8,15-16,24H,9-13H2,1-4H3,(H,22,26)/t15-,16-,21-/m1/s1. The Balaban J connectivity index is 1.63. The van der Waals surface area contributed by atoms with Crippen LogP contribution in [0.15, 0.2) is 24.3 Å². The Bertz CT molecular complexity index is 733. The summed E-state index contributed by atoms with van der Waals surface area (Å²) >= 11 is 0. The minimum absolute atomic E-state index is 0.0104. The zero-order valence-corrected chi connectivity index (χ0v) is 16.6. The molecule has 0 radical (unpaired) electrons. The van der Waals surface area contributed by atoms with E-state index in [1.54, 1.807) is 0 Å². The van der Waals surface area contributed by atoms with E-state index in [9.17, 15) is 14.7 Å². The third-order valence-electron chi connectivity index (χ3n) is 5.45. The minimum atomic E-state index is -0.940. The Morgan fingerprint density at radius 3 is 2.74 bits per heavy atom. The van der Waals surface area contributed by atoms with Gasteiger partial charge in [-0.25, -0.2) is 4.79 Å². The fraction of sp³-hybridized carbons (Fsp3) is 0.619. The van der Waals surface area contributed by atoms with Crippen LogP contribution in [0.3, 0.4) is 0 Å². The number of urea groups is 1. The Labute approximate surface area is 160 Å². The maximum atomic E-state index is 13.1. The van der Waals surface area contributed by atoms with Crippen LogP contribution in [0.2, 0.25) is 0 Å². The van der Waals surface area contributed by atoms with E-state index in [1.807, 2.05) is 31.2 Å². The molecule has 0 unspecified atom stereocenters. The molecule has 2 N–H and O–H groups in total. The van der Waals surface area contributed by atoms with Crippen LogP contribution in [0, 0.1) is 18.3 Å². The molecule has 3 amide bonds. The van der Waals surface area contributed by atoms with Gasteiger partial charge < -0.3 is 15.2 Å². The Morgan fingerprint density at radius 2 is 2.07 bits per heavy atom. The lowest BCUT2D eigenvalue weighted by Gasteiger charge is -2.43. The van der Waals surface area contributed by atoms with Gasteiger partial charge in [0, 0.05) is 0 Å². The fourth-order valence-corrected chi connectivity index (χ4v) is 4.83. The molecule has 1 aromatic rings. The van der Waals surface area contributed by atoms with Gasteiger partial charge in [0.15, 0.2) is 0 Å². The zero-order valence-electron chi connectivity index (χ0n) is 16.6. The molecule has 2 fully saturated rings. The van der Waals surface area contributed by atoms with Crippen LogP contribution >= 0.6 is 0 Å². The van der Waals surface area contributed by atoms with E-state index < -0.39 is 17.7 Å². The number of hydrogen-bond donors (Lipinski definition) is 2. The summed E-state index contributed by atoms with van der Waals surface area (Å²) in [4.78, 5) is 26.7. The first-order chi connectivity index (χ1) is 12.6. The molecule has 1 aliphatic heterocycles. The molecule has 1 saturated heterocycles. The molecule has 3 rings (SSSR count). The molecular weight excluding hydrogens is 344 g/mol. The Morgan fingerprint density at radius 1 is 1.33 bits per heavy atom. The summed E-state index contributed by atoms with van der Waals surface area (Å²) in [5.74, 6) is 0.792. The first kappa shape index (κ1) is 19.7. The van der Waals surface area contributed by atoms with E-state index in [1.165, 1.54) is 0 Å². The van der Waals surface area contributed by atoms with Crippen molar-refractivity contribution >= 4 is 11.9 Å². The van der Waals surface area contributed by atoms with E-state index >= 15 is 0 Å². The van der Waals surface area contributed by atoms with Crippen molar-refractivity contribution in [2.24, 2.45) is 11.3 Å². The predicted octanol–water partition coefficient (Wildman–Crippen LogP) is 2.87. The number of β-amino-alcohol motifs (C(OH)–C–C–N with tert-alkyl or cyclic N) is 1. The number of amides is 3. The molecule has 1 spiro atoms. The molecule has 1 saturated carbocycles. The van der Waals surface area contributed by atoms with Gasteiger partial charge in [-0.3, -0.25) is 9.69 Å². The van der Waals surface area contributed by atoms with Gasteiger partial charge in [-0.15, -0.1) is 0 Å². The lowest BCUT2D eigenvalue weighted by Crippen LogP contribution is -2.54. The smallest absolute Gasteiger partial charge is 0.325 e. The number of hydrogen-bond acceptors (Lipinski definition) is 4. The van der Waals surface area contributed by atoms with Crippen LogP contribution in [0.5, 0.6) is 5.75 Å². The van der Waals surface area contributed by atoms with Gasteiger partial charge >= 0.3 is 6.03 Å². The van der Waals surface area contributed by atoms with Gasteiger partial charge in [-0.1, -0.05) is 32.9 Å². The van der Waals surface area contributed by atoms with Crippen LogP contribution in [-0.4, -0.2) is 46.7 Å². The Hall–Kier alpha value is -2.08. The van der Waals surface area contributed by atoms with Crippen LogP contribution in [-0.2, 0) is 4.79 Å². The van der Waals surface area contributed by atoms with Gasteiger partial charge in [-0.05, 0) is 55.2 Å². The molecule has 148 valence electrons. The molecule has 6 heteroatoms. The quantitative estimate of drug-likeness (QED) is 0.777. The number of aliphatic hydroxyl groups excluding tert-OH is 1. The second kappa shape index (κ2) is 7.15. The number of aliphatic hydroxyl groups is 1. The first-order valence-corrected chi connectivity index (χ1v) is 9.62. The number of aryl methyl sites for hydroxylation is 1. The molecule has 3 atom stereocenters. The lowest BCUT2D eigenvalue weighted by atomic mass is 9.64. The molecule has 1 aromatic carbocycles. The third-order valence-corrected chi connectivity index (χ3v) is 5.45. The molecule has 27 heavy (non-hydrogen) atoms. The second-order valence-corrected chi connectivity index (χ2v) is 9.06. The molecule has 2 aliphatic rings. The van der Waals surface area contributed by atoms with Crippen LogP contribution < -0.4 is 10.1 Å². The number of benzene rings is 1. The van der Waals surface area contributed by atoms with E-state index in [4.69, 9.17) is 4.74 Å². The summed E-state index contributed by atoms with van der Waals surface area (Å²) < 4.78 is 5.60. The lowest BCUT2D eigenvalue weighted by molar-refractivity contribution is -0.135. The summed E-state index contributed by atoms with van der Waals surface area (Å²) in [5.41, 5.74) is 0.214. The molecular formula is C21H30N2O4. The van der Waals surface area contributed by atoms with Crippen LogP contribution in [0.4, 0.5) is 4.79 Å². The van der Waals surface area contributed by atoms with Crippen molar-refractivity contribution in [1.82, 2.24) is 10.2 Å². The number of ether oxygens (including phenoxy) is 1. The van der Waals surface area contributed by atoms with E-state index in [0.29, 0.717) is 24.5 Å². The normalized spacial score (nSPS) is 28.3. The molecule has 1 heterocycles. The van der Waals surface area contributed by atoms with Crippen LogP contribution in [0.25, 0.3) is 0 Å². The highest BCUT2D eigenvalue weighted by Crippen LogP contribution is 2.46. The highest BCUT2D eigenvalue weighted by atomic mass is 16.5. The molecule has 0 aromatic heterocycles. The topological polar surface area (TPSA) is 78.9 Å². The number of carbonyl (C=O) groups excluding carboxylic acids is 2. The SMILES string of the molecule is Cc1cccc(OC[C@H](O)CN2C(=O)N[C@@]3(C[C@H](C)CC(C)(C)C3)C2=O)c1. The van der Waals surface area contributed by atoms with E-state index in [0.717, 1.165) is 16.9 Å². The van der Waals surface area contributed by atoms with Crippen molar-refractivity contribution in [3.8, 4) is 5.75 Å². The minimum Gasteiger partial charge on any atom is -0.491 e. The number of nitrogens with zero attached hydrogens (tertiary/aromatic N) is 1. The third kappa shape index (κ3) is 4.26. The van der Waals surface area contributed by atoms with Gasteiger partial charge in [0.25, 0.3) is 5.91 Å². The molecule has 6 nitrogen and oxygen atoms in total. The number of carbonyl (C=O) groups is 2. The van der Waals surface area contributed by atoms with E-state index in [-0.39, 0.29) is 24.5 Å². The first-order valence-electron chi connectivity index (χ1n) is 9.62. The summed E-state index contributed by atoms with van der Waals surface area (Å²) in [6, 6.07) is 7.11. The number of rotatable bonds is 5. The van der Waals surface area contributed by atoms with Gasteiger partial charge in [0.2, 0.25) is 0 Å². The van der Waals surface area contributed by atoms with Gasteiger partial charge in [0.1, 0.15) is 24.0 Å². The van der Waals surface area contributed by atoms with Crippen molar-refractivity contribution in [2.45, 2.75) is 58.6 Å². The summed E-state index contributed by atoms with van der Waals surface area (Å²) in [6.45, 7) is 8.31. The summed E-state index contributed by atoms with van der Waals surface area (Å²) in [5, 5.41) is 13.2. The second-order valence-electron chi connectivity index (χ2n) is 9.06. The fourth-order valence-electron chi connectivity index (χ4n) is 4.83. The van der Waals surface area contributed by atoms with Crippen molar-refractivity contribution in [3.63, 3.8) is 0 Å². The highest BCUT2D eigenvalue weighted by molar-refractivity contribution is 6.07. The van der Waals surface area contributed by atoms with Crippen molar-refractivity contribution in [2.75, 3.05) is 13.2 Å². The van der Waals surface area contributed by atoms with Crippen LogP contribution in [0.1, 0.15) is 45.6 Å². The maximum Gasteiger partial charge on any atom is 0.325 e. The summed E-state index contributed by atoms with van der Waals surface area (Å²) in [7, 11) is 0. The largest absolute Gasteiger partial charge is 0.491 e. The maximum absolute atomic E-state index is 13.1. The zero-order chi connectivity index (χ0) is 19.8. The predicted molar refractivity (Wildman–Crippen MR) is 102 cm³/mol. The van der Waals surface area contributed by atoms with Crippen molar-refractivity contribution in [1.29, 1.82) is 0 Å². The Kier molecular flexibility index (Phi) is 5.21. The van der Waals surface area contributed by atoms with Crippen molar-refractivity contribution in [3.05, 3.63) is 29.8 Å². The van der Waals surface area contributed by atoms with Gasteiger partial charge in [-0.2, -0.15) is 0 Å². The monoisotopic (exact) mass is 374 g/mol. The molecule has 1 aliphatic carbocycles. The van der Waals surface area contributed by atoms with Crippen molar-refractivity contribution < 1.29 is 19.4 Å². The summed E-state index contributed by atoms with van der Waals surface area (Å²) in [6.07, 6.45) is 1.36. The average molecular weight is 374 g/mol. The molecule has 0 bridgehead atoms. The average Bonchev–Trinajstić information content (AvgIpc) is 2.74. The number of nitrogens with one attached hydrogen (secondary N) is 1. The van der Waals surface area contributed by atoms with E-state index in [2.05, 4.69) is 26.1 Å².